The van der Waals surface area contributed by atoms with E-state index in [-0.39, 0.29) is 7.43 Å². The van der Waals surface area contributed by atoms with Crippen molar-refractivity contribution in [2.75, 3.05) is 9.80 Å². The molecule has 0 fully saturated rings. The number of hydrogen-bond donors (Lipinski definition) is 2. The molecule has 2 N–H and O–H groups in total. The average molecular weight is 1420 g/mol. The van der Waals surface area contributed by atoms with Crippen LogP contribution < -0.4 is 15.3 Å². The molecule has 0 aliphatic rings. The number of anilines is 6. The van der Waals surface area contributed by atoms with Gasteiger partial charge in [0, 0.05) is 71.5 Å². The topological polar surface area (TPSA) is 56.8 Å². The van der Waals surface area contributed by atoms with Gasteiger partial charge in [0.25, 0.3) is 0 Å². The Morgan fingerprint density at radius 1 is 0.219 bits per heavy atom. The summed E-state index contributed by atoms with van der Waals surface area (Å²) in [6, 6.07) is 145. The summed E-state index contributed by atoms with van der Waals surface area (Å²) in [5.41, 5.74) is 26.1. The Kier molecular flexibility index (Phi) is 20.2. The first-order valence-electron chi connectivity index (χ1n) is 35.0. The summed E-state index contributed by atoms with van der Waals surface area (Å²) in [5.74, 6) is 0. The monoisotopic (exact) mass is 1420 g/mol. The summed E-state index contributed by atoms with van der Waals surface area (Å²) < 4.78 is 5.62. The van der Waals surface area contributed by atoms with E-state index in [1.165, 1.54) is 83.1 Å². The van der Waals surface area contributed by atoms with Crippen molar-refractivity contribution in [1.29, 1.82) is 0 Å². The molecule has 0 unspecified atom stereocenters. The van der Waals surface area contributed by atoms with Crippen LogP contribution in [-0.2, 0) is 0 Å². The van der Waals surface area contributed by atoms with Crippen molar-refractivity contribution < 1.29 is 10.0 Å². The highest BCUT2D eigenvalue weighted by Crippen LogP contribution is 2.42. The second kappa shape index (κ2) is 31.2. The van der Waals surface area contributed by atoms with Crippen molar-refractivity contribution in [1.82, 2.24) is 9.13 Å². The molecular weight excluding hydrogens is 1340 g/mol. The third-order valence-electron chi connectivity index (χ3n) is 19.2. The van der Waals surface area contributed by atoms with Crippen molar-refractivity contribution in [3.63, 3.8) is 0 Å². The molecule has 105 heavy (non-hydrogen) atoms. The molecule has 0 saturated heterocycles. The normalized spacial score (nSPS) is 10.9. The molecule has 6 nitrogen and oxygen atoms in total. The maximum Gasteiger partial charge on any atom is 0.488 e. The van der Waals surface area contributed by atoms with Crippen LogP contribution in [0.5, 0.6) is 0 Å². The molecule has 0 atom stereocenters. The summed E-state index contributed by atoms with van der Waals surface area (Å²) in [4.78, 5) is 4.62. The van der Waals surface area contributed by atoms with Gasteiger partial charge >= 0.3 is 7.12 Å². The predicted octanol–water partition coefficient (Wildman–Crippen LogP) is 25.6. The number of aromatic nitrogens is 2. The van der Waals surface area contributed by atoms with Gasteiger partial charge in [-0.1, -0.05) is 296 Å². The minimum Gasteiger partial charge on any atom is -0.423 e. The first-order chi connectivity index (χ1) is 51.3. The average Bonchev–Trinajstić information content (AvgIpc) is 1.53. The first kappa shape index (κ1) is 68.0. The number of nitrogens with zero attached hydrogens (tertiary/aromatic N) is 4. The zero-order valence-electron chi connectivity index (χ0n) is 56.9. The minimum absolute atomic E-state index is 0. The van der Waals surface area contributed by atoms with Crippen LogP contribution in [0.1, 0.15) is 7.43 Å². The lowest BCUT2D eigenvalue weighted by Gasteiger charge is -2.26. The van der Waals surface area contributed by atoms with Crippen LogP contribution in [-0.4, -0.2) is 26.3 Å². The number of rotatable bonds is 14. The number of para-hydroxylation sites is 4. The number of benzene rings is 16. The van der Waals surface area contributed by atoms with E-state index in [9.17, 15) is 10.0 Å². The molecule has 2 heterocycles. The van der Waals surface area contributed by atoms with Crippen LogP contribution in [0.25, 0.3) is 111 Å². The highest BCUT2D eigenvalue weighted by molar-refractivity contribution is 9.10. The Hall–Kier alpha value is -12.8. The van der Waals surface area contributed by atoms with Gasteiger partial charge in [-0.2, -0.15) is 0 Å². The molecular formula is C97H74BBrN4O2. The Balaban J connectivity index is 0.000000138. The van der Waals surface area contributed by atoms with E-state index in [2.05, 4.69) is 387 Å². The van der Waals surface area contributed by atoms with Gasteiger partial charge in [-0.15, -0.1) is 0 Å². The maximum atomic E-state index is 9.43. The van der Waals surface area contributed by atoms with Gasteiger partial charge in [0.15, 0.2) is 0 Å². The molecule has 8 heteroatoms. The van der Waals surface area contributed by atoms with Crippen molar-refractivity contribution >= 4 is 106 Å². The van der Waals surface area contributed by atoms with E-state index in [4.69, 9.17) is 0 Å². The third-order valence-corrected chi connectivity index (χ3v) is 19.7. The molecule has 504 valence electrons. The summed E-state index contributed by atoms with van der Waals surface area (Å²) in [7, 11) is -1.46. The molecule has 0 aliphatic carbocycles. The van der Waals surface area contributed by atoms with Crippen molar-refractivity contribution in [3.8, 4) is 67.0 Å². The molecule has 0 spiro atoms. The Bertz CT molecular complexity index is 5720. The largest absolute Gasteiger partial charge is 0.488 e. The van der Waals surface area contributed by atoms with Gasteiger partial charge in [-0.3, -0.25) is 0 Å². The molecule has 0 bridgehead atoms. The van der Waals surface area contributed by atoms with E-state index in [1.54, 1.807) is 6.07 Å². The molecule has 16 aromatic carbocycles. The van der Waals surface area contributed by atoms with E-state index < -0.39 is 7.12 Å². The number of halogens is 1. The second-order valence-electron chi connectivity index (χ2n) is 25.6. The number of fused-ring (bicyclic) bond motifs is 6. The summed E-state index contributed by atoms with van der Waals surface area (Å²) in [6.07, 6.45) is 0. The first-order valence-corrected chi connectivity index (χ1v) is 35.7. The maximum absolute atomic E-state index is 9.43. The van der Waals surface area contributed by atoms with E-state index in [0.717, 1.165) is 66.1 Å². The third kappa shape index (κ3) is 14.6. The lowest BCUT2D eigenvalue weighted by atomic mass is 9.80. The fourth-order valence-electron chi connectivity index (χ4n) is 14.0. The zero-order chi connectivity index (χ0) is 70.1. The quantitative estimate of drug-likeness (QED) is 0.107. The highest BCUT2D eigenvalue weighted by Gasteiger charge is 2.20. The Morgan fingerprint density at radius 2 is 0.457 bits per heavy atom. The van der Waals surface area contributed by atoms with Gasteiger partial charge in [-0.05, 0) is 201 Å². The molecule has 18 aromatic rings. The van der Waals surface area contributed by atoms with E-state index in [0.29, 0.717) is 5.46 Å². The van der Waals surface area contributed by atoms with Crippen LogP contribution in [0, 0.1) is 0 Å². The van der Waals surface area contributed by atoms with Crippen LogP contribution in [0.3, 0.4) is 0 Å². The van der Waals surface area contributed by atoms with Crippen LogP contribution in [0.4, 0.5) is 34.1 Å². The van der Waals surface area contributed by atoms with Crippen molar-refractivity contribution in [2.45, 2.75) is 7.43 Å². The minimum atomic E-state index is -1.46. The van der Waals surface area contributed by atoms with Gasteiger partial charge in [-0.25, -0.2) is 0 Å². The van der Waals surface area contributed by atoms with Gasteiger partial charge < -0.3 is 29.0 Å². The molecule has 18 rings (SSSR count). The molecule has 0 saturated carbocycles. The predicted molar refractivity (Wildman–Crippen MR) is 449 cm³/mol. The second-order valence-corrected chi connectivity index (χ2v) is 26.5. The smallest absolute Gasteiger partial charge is 0.423 e. The lowest BCUT2D eigenvalue weighted by molar-refractivity contribution is 0.426. The highest BCUT2D eigenvalue weighted by atomic mass is 79.9. The zero-order valence-corrected chi connectivity index (χ0v) is 58.5. The van der Waals surface area contributed by atoms with Gasteiger partial charge in [0.1, 0.15) is 0 Å². The lowest BCUT2D eigenvalue weighted by Crippen LogP contribution is -2.29. The summed E-state index contributed by atoms with van der Waals surface area (Å²) >= 11 is 3.56. The Morgan fingerprint density at radius 3 is 0.781 bits per heavy atom. The SMILES string of the molecule is Brc1ccc(N(c2ccc(-c3ccccc3)cc2)c2ccc(-c3ccccc3)cc2)cc1.C.OB(O)c1ccc2c(c1)c1ccccc1n2-c1ccccc1.c1ccc(-c2ccc(N(c3ccc(-c4ccccc4)cc3)c3ccc(-c4ccc5c(c4)c4ccccc4n5-c4ccccc4)cc3)cc2)cc1. The van der Waals surface area contributed by atoms with Gasteiger partial charge in [0.05, 0.1) is 22.1 Å². The van der Waals surface area contributed by atoms with Crippen LogP contribution in [0.15, 0.2) is 417 Å². The van der Waals surface area contributed by atoms with Crippen molar-refractivity contribution in [3.05, 3.63) is 417 Å². The molecule has 2 aromatic heterocycles. The molecule has 0 radical (unpaired) electrons. The summed E-state index contributed by atoms with van der Waals surface area (Å²) in [6.45, 7) is 0. The van der Waals surface area contributed by atoms with Crippen LogP contribution in [0.2, 0.25) is 0 Å². The van der Waals surface area contributed by atoms with E-state index in [1.807, 2.05) is 54.6 Å². The van der Waals surface area contributed by atoms with Gasteiger partial charge in [0.2, 0.25) is 0 Å². The molecule has 0 amide bonds. The van der Waals surface area contributed by atoms with E-state index >= 15 is 0 Å². The molecule has 0 aliphatic heterocycles. The fraction of sp³-hybridized carbons (Fsp3) is 0.0103. The van der Waals surface area contributed by atoms with Crippen molar-refractivity contribution in [2.24, 2.45) is 0 Å². The summed E-state index contributed by atoms with van der Waals surface area (Å²) in [5, 5.41) is 23.5. The number of hydrogen-bond acceptors (Lipinski definition) is 4. The fourth-order valence-corrected chi connectivity index (χ4v) is 14.3. The van der Waals surface area contributed by atoms with Crippen LogP contribution >= 0.6 is 15.9 Å². The Labute approximate surface area is 622 Å². The standard InChI is InChI=1S/C48H34N2.C30H22BrN.C18H14BNO2.CH4/c1-4-12-35(13-5-1)37-20-27-42(28-21-37)49(43-29-22-38(23-30-43)36-14-6-2-7-15-36)44-31-24-39(25-32-44)40-26-33-48-46(34-40)45-18-10-11-19-47(45)50(48)41-16-8-3-9-17-41;31-27-15-21-30(22-16-27)32(28-17-11-25(12-18-28)23-7-3-1-4-8-23)29-19-13-26(14-20-29)24-9-5-2-6-10-24;21-19(22)13-10-11-18-16(12-13)15-8-4-5-9-17(15)20(18)14-6-2-1-3-7-14;/h1-34H;1-22H;1-12,21-22H;1H4.